The molecule has 0 aromatic carbocycles. The molecule has 4 aliphatic carbocycles. The van der Waals surface area contributed by atoms with Crippen LogP contribution in [0, 0.1) is 34.5 Å². The molecule has 3 fully saturated rings. The number of allylic oxidation sites excluding steroid dienone is 2. The predicted molar refractivity (Wildman–Crippen MR) is 90.8 cm³/mol. The molecule has 124 valence electrons. The Labute approximate surface area is 139 Å². The number of hydrogen-bond acceptors (Lipinski definition) is 2. The zero-order valence-corrected chi connectivity index (χ0v) is 14.4. The van der Waals surface area contributed by atoms with Crippen molar-refractivity contribution in [3.05, 3.63) is 24.3 Å². The molecule has 23 heavy (non-hydrogen) atoms. The Morgan fingerprint density at radius 1 is 1.09 bits per heavy atom. The number of carbonyl (C=O) groups excluding carboxylic acids is 2. The maximum Gasteiger partial charge on any atom is 0.155 e. The first-order chi connectivity index (χ1) is 10.9. The number of hydrogen-bond donors (Lipinski definition) is 0. The van der Waals surface area contributed by atoms with Gasteiger partial charge in [-0.3, -0.25) is 9.59 Å². The van der Waals surface area contributed by atoms with Crippen molar-refractivity contribution in [3.63, 3.8) is 0 Å². The number of carbonyl (C=O) groups is 2. The monoisotopic (exact) mass is 312 g/mol. The maximum atomic E-state index is 12.5. The average molecular weight is 312 g/mol. The lowest BCUT2D eigenvalue weighted by Gasteiger charge is -2.58. The summed E-state index contributed by atoms with van der Waals surface area (Å²) in [4.78, 5) is 24.5. The number of Topliss-reactive ketones (excluding diaryl/α,β-unsaturated/α-hetero) is 1. The highest BCUT2D eigenvalue weighted by Gasteiger charge is 2.60. The van der Waals surface area contributed by atoms with E-state index in [4.69, 9.17) is 0 Å². The predicted octanol–water partition coefficient (Wildman–Crippen LogP) is 4.50. The van der Waals surface area contributed by atoms with Crippen LogP contribution in [0.3, 0.4) is 0 Å². The lowest BCUT2D eigenvalue weighted by Crippen LogP contribution is -2.52. The summed E-state index contributed by atoms with van der Waals surface area (Å²) in [6, 6.07) is 0. The van der Waals surface area contributed by atoms with Crippen LogP contribution in [0.2, 0.25) is 0 Å². The summed E-state index contributed by atoms with van der Waals surface area (Å²) in [5.41, 5.74) is 1.41. The van der Waals surface area contributed by atoms with E-state index in [0.29, 0.717) is 41.7 Å². The van der Waals surface area contributed by atoms with Crippen molar-refractivity contribution in [1.29, 1.82) is 0 Å². The summed E-state index contributed by atoms with van der Waals surface area (Å²) < 4.78 is 0. The third-order valence-electron chi connectivity index (χ3n) is 8.04. The number of fused-ring (bicyclic) bond motifs is 5. The SMILES string of the molecule is C=C[C@@H]1C[C@@H]2[C@H](CC[C@]3(C)C(=O)CC[C@@H]23)[C@@]2(C)CCC(=O)C=C12. The zero-order chi connectivity index (χ0) is 16.4. The lowest BCUT2D eigenvalue weighted by molar-refractivity contribution is -0.133. The van der Waals surface area contributed by atoms with Gasteiger partial charge in [0, 0.05) is 18.3 Å². The molecular weight excluding hydrogens is 284 g/mol. The van der Waals surface area contributed by atoms with Crippen LogP contribution in [0.15, 0.2) is 24.3 Å². The fourth-order valence-electron chi connectivity index (χ4n) is 6.69. The van der Waals surface area contributed by atoms with Crippen LogP contribution in [-0.2, 0) is 9.59 Å². The molecule has 0 saturated heterocycles. The highest BCUT2D eigenvalue weighted by Crippen LogP contribution is 2.65. The first-order valence-corrected chi connectivity index (χ1v) is 9.31. The third kappa shape index (κ3) is 1.93. The molecule has 0 spiro atoms. The molecule has 0 aromatic rings. The summed E-state index contributed by atoms with van der Waals surface area (Å²) in [6.45, 7) is 8.68. The summed E-state index contributed by atoms with van der Waals surface area (Å²) in [7, 11) is 0. The van der Waals surface area contributed by atoms with Gasteiger partial charge in [-0.25, -0.2) is 0 Å². The second-order valence-corrected chi connectivity index (χ2v) is 8.86. The molecule has 0 N–H and O–H groups in total. The standard InChI is InChI=1S/C21H28O2/c1-4-13-11-15-16-5-6-19(23)21(16,3)10-8-17(15)20(2)9-7-14(22)12-18(13)20/h4,12-13,15-17H,1,5-11H2,2-3H3/t13-,15+,16+,17+,20-,21+/m1/s1. The van der Waals surface area contributed by atoms with Gasteiger partial charge in [-0.15, -0.1) is 6.58 Å². The topological polar surface area (TPSA) is 34.1 Å². The molecule has 3 saturated carbocycles. The van der Waals surface area contributed by atoms with Crippen LogP contribution in [0.25, 0.3) is 0 Å². The van der Waals surface area contributed by atoms with E-state index >= 15 is 0 Å². The molecule has 0 unspecified atom stereocenters. The van der Waals surface area contributed by atoms with E-state index in [1.54, 1.807) is 0 Å². The Kier molecular flexibility index (Phi) is 3.28. The first kappa shape index (κ1) is 15.4. The van der Waals surface area contributed by atoms with Crippen LogP contribution in [-0.4, -0.2) is 11.6 Å². The van der Waals surface area contributed by atoms with Gasteiger partial charge in [-0.2, -0.15) is 0 Å². The van der Waals surface area contributed by atoms with Gasteiger partial charge in [0.05, 0.1) is 0 Å². The molecular formula is C21H28O2. The normalized spacial score (nSPS) is 49.0. The van der Waals surface area contributed by atoms with Crippen molar-refractivity contribution in [1.82, 2.24) is 0 Å². The Morgan fingerprint density at radius 2 is 1.83 bits per heavy atom. The van der Waals surface area contributed by atoms with E-state index in [2.05, 4.69) is 26.5 Å². The summed E-state index contributed by atoms with van der Waals surface area (Å²) in [5, 5.41) is 0. The van der Waals surface area contributed by atoms with Crippen LogP contribution < -0.4 is 0 Å². The van der Waals surface area contributed by atoms with Crippen molar-refractivity contribution in [2.75, 3.05) is 0 Å². The molecule has 0 heterocycles. The Balaban J connectivity index is 1.77. The van der Waals surface area contributed by atoms with Crippen molar-refractivity contribution < 1.29 is 9.59 Å². The van der Waals surface area contributed by atoms with E-state index in [9.17, 15) is 9.59 Å². The molecule has 2 heteroatoms. The fourth-order valence-corrected chi connectivity index (χ4v) is 6.69. The highest BCUT2D eigenvalue weighted by molar-refractivity contribution is 5.92. The largest absolute Gasteiger partial charge is 0.299 e. The number of ketones is 2. The van der Waals surface area contributed by atoms with Crippen molar-refractivity contribution >= 4 is 11.6 Å². The van der Waals surface area contributed by atoms with Crippen LogP contribution >= 0.6 is 0 Å². The maximum absolute atomic E-state index is 12.5. The molecule has 4 rings (SSSR count). The molecule has 0 aliphatic heterocycles. The zero-order valence-electron chi connectivity index (χ0n) is 14.4. The van der Waals surface area contributed by atoms with E-state index in [1.807, 2.05) is 6.08 Å². The van der Waals surface area contributed by atoms with E-state index in [0.717, 1.165) is 38.5 Å². The van der Waals surface area contributed by atoms with Gasteiger partial charge < -0.3 is 0 Å². The second kappa shape index (κ2) is 4.91. The van der Waals surface area contributed by atoms with Crippen molar-refractivity contribution in [2.24, 2.45) is 34.5 Å². The smallest absolute Gasteiger partial charge is 0.155 e. The summed E-state index contributed by atoms with van der Waals surface area (Å²) in [6.07, 6.45) is 10.8. The van der Waals surface area contributed by atoms with Gasteiger partial charge in [-0.05, 0) is 67.3 Å². The number of rotatable bonds is 1. The first-order valence-electron chi connectivity index (χ1n) is 9.31. The quantitative estimate of drug-likeness (QED) is 0.668. The molecule has 2 nitrogen and oxygen atoms in total. The van der Waals surface area contributed by atoms with Crippen LogP contribution in [0.5, 0.6) is 0 Å². The Bertz CT molecular complexity index is 615. The molecule has 0 aromatic heterocycles. The minimum absolute atomic E-state index is 0.0745. The molecule has 0 radical (unpaired) electrons. The summed E-state index contributed by atoms with van der Waals surface area (Å²) >= 11 is 0. The Hall–Kier alpha value is -1.18. The van der Waals surface area contributed by atoms with Gasteiger partial charge in [0.2, 0.25) is 0 Å². The Morgan fingerprint density at radius 3 is 2.57 bits per heavy atom. The molecule has 0 amide bonds. The average Bonchev–Trinajstić information content (AvgIpc) is 2.83. The van der Waals surface area contributed by atoms with Gasteiger partial charge in [0.1, 0.15) is 5.78 Å². The van der Waals surface area contributed by atoms with Crippen LogP contribution in [0.4, 0.5) is 0 Å². The van der Waals surface area contributed by atoms with E-state index < -0.39 is 0 Å². The van der Waals surface area contributed by atoms with Crippen molar-refractivity contribution in [2.45, 2.75) is 58.8 Å². The van der Waals surface area contributed by atoms with Gasteiger partial charge in [0.15, 0.2) is 5.78 Å². The minimum Gasteiger partial charge on any atom is -0.299 e. The second-order valence-electron chi connectivity index (χ2n) is 8.86. The van der Waals surface area contributed by atoms with Crippen LogP contribution in [0.1, 0.15) is 58.8 Å². The van der Waals surface area contributed by atoms with Crippen molar-refractivity contribution in [3.8, 4) is 0 Å². The molecule has 0 bridgehead atoms. The molecule has 6 atom stereocenters. The van der Waals surface area contributed by atoms with E-state index in [1.165, 1.54) is 5.57 Å². The highest BCUT2D eigenvalue weighted by atomic mass is 16.1. The van der Waals surface area contributed by atoms with Gasteiger partial charge in [-0.1, -0.05) is 25.5 Å². The fraction of sp³-hybridized carbons (Fsp3) is 0.714. The lowest BCUT2D eigenvalue weighted by atomic mass is 9.45. The van der Waals surface area contributed by atoms with Gasteiger partial charge >= 0.3 is 0 Å². The van der Waals surface area contributed by atoms with Gasteiger partial charge in [0.25, 0.3) is 0 Å². The summed E-state index contributed by atoms with van der Waals surface area (Å²) in [5.74, 6) is 2.93. The third-order valence-corrected chi connectivity index (χ3v) is 8.04. The molecule has 4 aliphatic rings. The van der Waals surface area contributed by atoms with E-state index in [-0.39, 0.29) is 10.8 Å². The minimum atomic E-state index is -0.0745.